The second kappa shape index (κ2) is 5.23. The zero-order valence-electron chi connectivity index (χ0n) is 11.0. The first-order chi connectivity index (χ1) is 9.52. The Morgan fingerprint density at radius 3 is 2.55 bits per heavy atom. The summed E-state index contributed by atoms with van der Waals surface area (Å²) in [6, 6.07) is 7.41. The average Bonchev–Trinajstić information content (AvgIpc) is 3.13. The Hall–Kier alpha value is -1.31. The van der Waals surface area contributed by atoms with Crippen LogP contribution in [0.5, 0.6) is 0 Å². The molecule has 0 radical (unpaired) electrons. The molecule has 1 fully saturated rings. The molecule has 20 heavy (non-hydrogen) atoms. The monoisotopic (exact) mass is 309 g/mol. The van der Waals surface area contributed by atoms with E-state index in [1.807, 2.05) is 0 Å². The van der Waals surface area contributed by atoms with Crippen LogP contribution < -0.4 is 5.32 Å². The summed E-state index contributed by atoms with van der Waals surface area (Å²) >= 11 is 1.53. The van der Waals surface area contributed by atoms with E-state index in [1.165, 1.54) is 30.4 Å². The van der Waals surface area contributed by atoms with E-state index in [1.54, 1.807) is 24.3 Å². The molecule has 0 atom stereocenters. The summed E-state index contributed by atoms with van der Waals surface area (Å²) in [6.07, 6.45) is 3.70. The minimum Gasteiger partial charge on any atom is -0.308 e. The number of hydrogen-bond donors (Lipinski definition) is 1. The van der Waals surface area contributed by atoms with E-state index in [0.717, 1.165) is 22.1 Å². The predicted octanol–water partition coefficient (Wildman–Crippen LogP) is 1.86. The van der Waals surface area contributed by atoms with Gasteiger partial charge in [0.1, 0.15) is 10.0 Å². The maximum atomic E-state index is 11.4. The Morgan fingerprint density at radius 1 is 1.25 bits per heavy atom. The molecule has 5 nitrogen and oxygen atoms in total. The van der Waals surface area contributed by atoms with Gasteiger partial charge in [-0.2, -0.15) is 0 Å². The Bertz CT molecular complexity index is 703. The molecule has 0 spiro atoms. The molecule has 7 heteroatoms. The first-order valence-electron chi connectivity index (χ1n) is 6.38. The van der Waals surface area contributed by atoms with Crippen LogP contribution in [0.2, 0.25) is 0 Å². The van der Waals surface area contributed by atoms with Crippen LogP contribution in [0.15, 0.2) is 29.2 Å². The fraction of sp³-hybridized carbons (Fsp3) is 0.385. The van der Waals surface area contributed by atoms with Gasteiger partial charge in [-0.3, -0.25) is 0 Å². The molecule has 2 aromatic rings. The van der Waals surface area contributed by atoms with Crippen LogP contribution in [-0.4, -0.2) is 30.9 Å². The van der Waals surface area contributed by atoms with Gasteiger partial charge in [0.05, 0.1) is 4.90 Å². The molecular formula is C13H15N3O2S2. The SMILES string of the molecule is CS(=O)(=O)c1ccc(-c2nnc(CNC3CC3)s2)cc1. The molecule has 0 unspecified atom stereocenters. The summed E-state index contributed by atoms with van der Waals surface area (Å²) in [4.78, 5) is 0.321. The third-order valence-electron chi connectivity index (χ3n) is 3.12. The van der Waals surface area contributed by atoms with Crippen molar-refractivity contribution in [3.8, 4) is 10.6 Å². The molecule has 0 saturated heterocycles. The number of hydrogen-bond acceptors (Lipinski definition) is 6. The van der Waals surface area contributed by atoms with E-state index in [0.29, 0.717) is 10.9 Å². The zero-order valence-corrected chi connectivity index (χ0v) is 12.7. The van der Waals surface area contributed by atoms with Crippen LogP contribution in [0.1, 0.15) is 17.8 Å². The van der Waals surface area contributed by atoms with Gasteiger partial charge >= 0.3 is 0 Å². The van der Waals surface area contributed by atoms with Crippen LogP contribution in [0.3, 0.4) is 0 Å². The molecule has 0 bridgehead atoms. The average molecular weight is 309 g/mol. The van der Waals surface area contributed by atoms with Gasteiger partial charge in [-0.05, 0) is 25.0 Å². The quantitative estimate of drug-likeness (QED) is 0.913. The predicted molar refractivity (Wildman–Crippen MR) is 78.3 cm³/mol. The summed E-state index contributed by atoms with van der Waals surface area (Å²) in [5.74, 6) is 0. The van der Waals surface area contributed by atoms with E-state index >= 15 is 0 Å². The van der Waals surface area contributed by atoms with E-state index in [-0.39, 0.29) is 0 Å². The summed E-state index contributed by atoms with van der Waals surface area (Å²) < 4.78 is 22.8. The minimum absolute atomic E-state index is 0.321. The van der Waals surface area contributed by atoms with E-state index in [4.69, 9.17) is 0 Å². The third kappa shape index (κ3) is 3.23. The highest BCUT2D eigenvalue weighted by molar-refractivity contribution is 7.90. The highest BCUT2D eigenvalue weighted by Crippen LogP contribution is 2.25. The van der Waals surface area contributed by atoms with Gasteiger partial charge in [0, 0.05) is 24.4 Å². The highest BCUT2D eigenvalue weighted by atomic mass is 32.2. The molecule has 0 amide bonds. The normalized spacial score (nSPS) is 15.4. The zero-order chi connectivity index (χ0) is 14.2. The lowest BCUT2D eigenvalue weighted by atomic mass is 10.2. The lowest BCUT2D eigenvalue weighted by Gasteiger charge is -1.99. The number of rotatable bonds is 5. The van der Waals surface area contributed by atoms with Crippen molar-refractivity contribution in [1.29, 1.82) is 0 Å². The van der Waals surface area contributed by atoms with Gasteiger partial charge in [0.2, 0.25) is 0 Å². The van der Waals surface area contributed by atoms with Crippen molar-refractivity contribution in [2.75, 3.05) is 6.26 Å². The summed E-state index contributed by atoms with van der Waals surface area (Å²) in [7, 11) is -3.15. The third-order valence-corrected chi connectivity index (χ3v) is 5.22. The Kier molecular flexibility index (Phi) is 3.57. The van der Waals surface area contributed by atoms with Crippen molar-refractivity contribution in [2.24, 2.45) is 0 Å². The molecule has 1 heterocycles. The molecule has 1 N–H and O–H groups in total. The van der Waals surface area contributed by atoms with Gasteiger partial charge in [0.25, 0.3) is 0 Å². The lowest BCUT2D eigenvalue weighted by molar-refractivity contribution is 0.602. The maximum Gasteiger partial charge on any atom is 0.175 e. The van der Waals surface area contributed by atoms with Crippen LogP contribution >= 0.6 is 11.3 Å². The molecule has 1 aromatic heterocycles. The van der Waals surface area contributed by atoms with Crippen molar-refractivity contribution in [1.82, 2.24) is 15.5 Å². The van der Waals surface area contributed by atoms with Crippen LogP contribution in [-0.2, 0) is 16.4 Å². The molecule has 1 aliphatic rings. The fourth-order valence-corrected chi connectivity index (χ4v) is 3.23. The number of nitrogens with one attached hydrogen (secondary N) is 1. The van der Waals surface area contributed by atoms with E-state index in [9.17, 15) is 8.42 Å². The minimum atomic E-state index is -3.15. The van der Waals surface area contributed by atoms with Crippen molar-refractivity contribution < 1.29 is 8.42 Å². The fourth-order valence-electron chi connectivity index (χ4n) is 1.81. The molecule has 1 aliphatic carbocycles. The maximum absolute atomic E-state index is 11.4. The van der Waals surface area contributed by atoms with Gasteiger partial charge in [0.15, 0.2) is 9.84 Å². The van der Waals surface area contributed by atoms with E-state index in [2.05, 4.69) is 15.5 Å². The van der Waals surface area contributed by atoms with Gasteiger partial charge in [-0.1, -0.05) is 23.5 Å². The molecule has 106 valence electrons. The van der Waals surface area contributed by atoms with Crippen molar-refractivity contribution in [3.05, 3.63) is 29.3 Å². The van der Waals surface area contributed by atoms with Gasteiger partial charge in [-0.25, -0.2) is 8.42 Å². The van der Waals surface area contributed by atoms with E-state index < -0.39 is 9.84 Å². The Labute approximate surface area is 122 Å². The highest BCUT2D eigenvalue weighted by Gasteiger charge is 2.20. The Balaban J connectivity index is 1.75. The molecule has 0 aliphatic heterocycles. The summed E-state index contributed by atoms with van der Waals surface area (Å²) in [6.45, 7) is 0.754. The number of aromatic nitrogens is 2. The molecule has 1 aromatic carbocycles. The summed E-state index contributed by atoms with van der Waals surface area (Å²) in [5.41, 5.74) is 0.896. The molecule has 3 rings (SSSR count). The van der Waals surface area contributed by atoms with Crippen LogP contribution in [0.25, 0.3) is 10.6 Å². The first kappa shape index (κ1) is 13.7. The number of benzene rings is 1. The number of sulfone groups is 1. The van der Waals surface area contributed by atoms with Crippen molar-refractivity contribution in [3.63, 3.8) is 0 Å². The molecule has 1 saturated carbocycles. The second-order valence-electron chi connectivity index (χ2n) is 4.95. The van der Waals surface area contributed by atoms with Crippen molar-refractivity contribution in [2.45, 2.75) is 30.3 Å². The van der Waals surface area contributed by atoms with Crippen LogP contribution in [0, 0.1) is 0 Å². The van der Waals surface area contributed by atoms with Gasteiger partial charge < -0.3 is 5.32 Å². The number of nitrogens with zero attached hydrogens (tertiary/aromatic N) is 2. The second-order valence-corrected chi connectivity index (χ2v) is 8.03. The topological polar surface area (TPSA) is 72.0 Å². The van der Waals surface area contributed by atoms with Crippen molar-refractivity contribution >= 4 is 21.2 Å². The lowest BCUT2D eigenvalue weighted by Crippen LogP contribution is -2.14. The first-order valence-corrected chi connectivity index (χ1v) is 9.09. The molecular weight excluding hydrogens is 294 g/mol. The Morgan fingerprint density at radius 2 is 1.95 bits per heavy atom. The standard InChI is InChI=1S/C13H15N3O2S2/c1-20(17,18)11-6-2-9(3-7-11)13-16-15-12(19-13)8-14-10-4-5-10/h2-3,6-7,10,14H,4-5,8H2,1H3. The smallest absolute Gasteiger partial charge is 0.175 e. The summed E-state index contributed by atoms with van der Waals surface area (Å²) in [5, 5.41) is 13.5. The largest absolute Gasteiger partial charge is 0.308 e. The van der Waals surface area contributed by atoms with Crippen LogP contribution in [0.4, 0.5) is 0 Å². The van der Waals surface area contributed by atoms with Gasteiger partial charge in [-0.15, -0.1) is 10.2 Å².